The van der Waals surface area contributed by atoms with Gasteiger partial charge in [0.25, 0.3) is 10.0 Å². The molecule has 1 fully saturated rings. The highest BCUT2D eigenvalue weighted by molar-refractivity contribution is 7.90. The van der Waals surface area contributed by atoms with E-state index in [1.807, 2.05) is 0 Å². The highest BCUT2D eigenvalue weighted by Crippen LogP contribution is 2.33. The molecular weight excluding hydrogens is 618 g/mol. The van der Waals surface area contributed by atoms with Crippen molar-refractivity contribution in [2.75, 3.05) is 18.9 Å². The fourth-order valence-electron chi connectivity index (χ4n) is 5.20. The summed E-state index contributed by atoms with van der Waals surface area (Å²) in [6.07, 6.45) is 5.45. The van der Waals surface area contributed by atoms with E-state index < -0.39 is 21.7 Å². The molecule has 0 radical (unpaired) electrons. The van der Waals surface area contributed by atoms with Crippen LogP contribution < -0.4 is 10.6 Å². The van der Waals surface area contributed by atoms with Crippen LogP contribution in [0.4, 0.5) is 10.7 Å². The van der Waals surface area contributed by atoms with E-state index in [4.69, 9.17) is 21.3 Å². The molecule has 0 unspecified atom stereocenters. The Kier molecular flexibility index (Phi) is 9.31. The second-order valence-corrected chi connectivity index (χ2v) is 14.2. The van der Waals surface area contributed by atoms with Gasteiger partial charge in [0.2, 0.25) is 11.9 Å². The van der Waals surface area contributed by atoms with E-state index in [1.54, 1.807) is 63.4 Å². The fourth-order valence-corrected chi connectivity index (χ4v) is 6.73. The van der Waals surface area contributed by atoms with Crippen LogP contribution in [0, 0.1) is 0 Å². The summed E-state index contributed by atoms with van der Waals surface area (Å²) in [4.78, 5) is 39.5. The van der Waals surface area contributed by atoms with Crippen molar-refractivity contribution in [3.05, 3.63) is 66.1 Å². The third-order valence-corrected chi connectivity index (χ3v) is 9.17. The largest absolute Gasteiger partial charge is 0.444 e. The minimum atomic E-state index is -3.92. The number of rotatable bonds is 8. The molecule has 0 bridgehead atoms. The Balaban J connectivity index is 1.26. The van der Waals surface area contributed by atoms with Gasteiger partial charge in [-0.1, -0.05) is 29.8 Å². The molecule has 14 heteroatoms. The molecule has 1 aliphatic carbocycles. The van der Waals surface area contributed by atoms with E-state index >= 15 is 0 Å². The predicted octanol–water partition coefficient (Wildman–Crippen LogP) is 5.09. The van der Waals surface area contributed by atoms with Crippen LogP contribution in [-0.4, -0.2) is 75.5 Å². The number of anilines is 1. The molecule has 12 nitrogen and oxygen atoms in total. The summed E-state index contributed by atoms with van der Waals surface area (Å²) < 4.78 is 33.5. The van der Waals surface area contributed by atoms with Gasteiger partial charge in [0.05, 0.1) is 10.6 Å². The Bertz CT molecular complexity index is 1800. The third-order valence-electron chi connectivity index (χ3n) is 7.31. The Labute approximate surface area is 267 Å². The van der Waals surface area contributed by atoms with Gasteiger partial charge in [-0.15, -0.1) is 0 Å². The summed E-state index contributed by atoms with van der Waals surface area (Å²) in [6, 6.07) is 13.3. The number of aromatic nitrogens is 4. The molecule has 238 valence electrons. The zero-order chi connectivity index (χ0) is 32.4. The van der Waals surface area contributed by atoms with Gasteiger partial charge < -0.3 is 20.3 Å². The van der Waals surface area contributed by atoms with Crippen LogP contribution in [-0.2, 0) is 19.6 Å². The fraction of sp³-hybridized carbons (Fsp3) is 0.387. The van der Waals surface area contributed by atoms with Crippen molar-refractivity contribution in [3.63, 3.8) is 0 Å². The van der Waals surface area contributed by atoms with Crippen molar-refractivity contribution in [2.45, 2.75) is 69.0 Å². The van der Waals surface area contributed by atoms with Crippen LogP contribution in [0.3, 0.4) is 0 Å². The van der Waals surface area contributed by atoms with Gasteiger partial charge >= 0.3 is 6.09 Å². The summed E-state index contributed by atoms with van der Waals surface area (Å²) in [5, 5.41) is 7.17. The maximum atomic E-state index is 13.5. The molecule has 3 heterocycles. The van der Waals surface area contributed by atoms with E-state index in [-0.39, 0.29) is 40.2 Å². The van der Waals surface area contributed by atoms with Crippen molar-refractivity contribution in [2.24, 2.45) is 0 Å². The van der Waals surface area contributed by atoms with E-state index in [1.165, 1.54) is 30.3 Å². The lowest BCUT2D eigenvalue weighted by Gasteiger charge is -2.30. The van der Waals surface area contributed by atoms with Gasteiger partial charge in [0.15, 0.2) is 5.65 Å². The Morgan fingerprint density at radius 2 is 1.73 bits per heavy atom. The van der Waals surface area contributed by atoms with E-state index in [9.17, 15) is 18.0 Å². The molecule has 0 spiro atoms. The zero-order valence-electron chi connectivity index (χ0n) is 25.5. The molecule has 4 aromatic rings. The number of benzene rings is 1. The molecule has 1 aliphatic rings. The number of nitrogens with zero attached hydrogens (tertiary/aromatic N) is 5. The number of carbonyl (C=O) groups excluding carboxylic acids is 2. The smallest absolute Gasteiger partial charge is 0.410 e. The van der Waals surface area contributed by atoms with Crippen molar-refractivity contribution >= 4 is 50.6 Å². The maximum absolute atomic E-state index is 13.5. The zero-order valence-corrected chi connectivity index (χ0v) is 27.1. The molecular formula is C31H36ClN7O5S. The maximum Gasteiger partial charge on any atom is 0.410 e. The SMILES string of the molecule is CN(CC(=O)NC1CCC(Nc2nc(Cl)cc(-c3cn(S(=O)(=O)c4ccccc4)c4ncccc34)n2)CC1)C(=O)OC(C)(C)C. The Morgan fingerprint density at radius 1 is 1.04 bits per heavy atom. The van der Waals surface area contributed by atoms with Gasteiger partial charge in [-0.05, 0) is 70.7 Å². The van der Waals surface area contributed by atoms with Gasteiger partial charge in [0.1, 0.15) is 17.3 Å². The van der Waals surface area contributed by atoms with Gasteiger partial charge in [0, 0.05) is 48.5 Å². The monoisotopic (exact) mass is 653 g/mol. The number of halogens is 1. The number of carbonyl (C=O) groups is 2. The number of hydrogen-bond acceptors (Lipinski definition) is 9. The van der Waals surface area contributed by atoms with Crippen LogP contribution in [0.5, 0.6) is 0 Å². The summed E-state index contributed by atoms with van der Waals surface area (Å²) >= 11 is 6.42. The molecule has 0 aliphatic heterocycles. The van der Waals surface area contributed by atoms with Crippen LogP contribution in [0.1, 0.15) is 46.5 Å². The van der Waals surface area contributed by atoms with Crippen LogP contribution >= 0.6 is 11.6 Å². The Morgan fingerprint density at radius 3 is 2.42 bits per heavy atom. The van der Waals surface area contributed by atoms with Gasteiger partial charge in [-0.2, -0.15) is 0 Å². The summed E-state index contributed by atoms with van der Waals surface area (Å²) in [5.41, 5.74) is 0.637. The average molecular weight is 654 g/mol. The van der Waals surface area contributed by atoms with Crippen LogP contribution in [0.25, 0.3) is 22.3 Å². The molecule has 45 heavy (non-hydrogen) atoms. The summed E-state index contributed by atoms with van der Waals surface area (Å²) in [5.74, 6) is 0.0743. The van der Waals surface area contributed by atoms with E-state index in [0.29, 0.717) is 22.6 Å². The minimum Gasteiger partial charge on any atom is -0.444 e. The molecule has 2 N–H and O–H groups in total. The van der Waals surface area contributed by atoms with Crippen molar-refractivity contribution in [1.29, 1.82) is 0 Å². The standard InChI is InChI=1S/C31H36ClN7O5S/c1-31(2,3)44-30(41)38(4)19-27(40)34-20-12-14-21(15-13-20)35-29-36-25(17-26(32)37-29)24-18-39(28-23(24)11-8-16-33-28)45(42,43)22-9-6-5-7-10-22/h5-11,16-18,20-21H,12-15,19H2,1-4H3,(H,34,40)(H,35,36,37). The first-order valence-corrected chi connectivity index (χ1v) is 16.4. The number of amides is 2. The number of nitrogens with one attached hydrogen (secondary N) is 2. The number of pyridine rings is 1. The predicted molar refractivity (Wildman–Crippen MR) is 171 cm³/mol. The second-order valence-electron chi connectivity index (χ2n) is 12.0. The molecule has 1 saturated carbocycles. The van der Waals surface area contributed by atoms with Crippen molar-refractivity contribution < 1.29 is 22.7 Å². The molecule has 0 atom stereocenters. The number of hydrogen-bond donors (Lipinski definition) is 2. The third kappa shape index (κ3) is 7.71. The summed E-state index contributed by atoms with van der Waals surface area (Å²) in [6.45, 7) is 5.23. The first-order valence-electron chi connectivity index (χ1n) is 14.6. The minimum absolute atomic E-state index is 0.0244. The lowest BCUT2D eigenvalue weighted by molar-refractivity contribution is -0.122. The van der Waals surface area contributed by atoms with E-state index in [2.05, 4.69) is 20.6 Å². The van der Waals surface area contributed by atoms with Crippen molar-refractivity contribution in [1.82, 2.24) is 29.1 Å². The van der Waals surface area contributed by atoms with E-state index in [0.717, 1.165) is 29.7 Å². The number of fused-ring (bicyclic) bond motifs is 1. The second kappa shape index (κ2) is 13.0. The van der Waals surface area contributed by atoms with Crippen LogP contribution in [0.2, 0.25) is 5.15 Å². The average Bonchev–Trinajstić information content (AvgIpc) is 3.38. The lowest BCUT2D eigenvalue weighted by Crippen LogP contribution is -2.46. The normalized spacial score (nSPS) is 17.1. The topological polar surface area (TPSA) is 148 Å². The number of ether oxygens (including phenoxy) is 1. The summed E-state index contributed by atoms with van der Waals surface area (Å²) in [7, 11) is -2.39. The highest BCUT2D eigenvalue weighted by Gasteiger charge is 2.27. The quantitative estimate of drug-likeness (QED) is 0.248. The number of likely N-dealkylation sites (N-methyl/N-ethyl adjacent to an activating group) is 1. The highest BCUT2D eigenvalue weighted by atomic mass is 35.5. The first-order chi connectivity index (χ1) is 21.3. The first kappa shape index (κ1) is 32.2. The molecule has 0 saturated heterocycles. The van der Waals surface area contributed by atoms with Crippen molar-refractivity contribution in [3.8, 4) is 11.3 Å². The van der Waals surface area contributed by atoms with Gasteiger partial charge in [-0.25, -0.2) is 32.1 Å². The molecule has 3 aromatic heterocycles. The lowest BCUT2D eigenvalue weighted by atomic mass is 9.91. The molecule has 5 rings (SSSR count). The Hall–Kier alpha value is -4.23. The molecule has 2 amide bonds. The van der Waals surface area contributed by atoms with Crippen LogP contribution in [0.15, 0.2) is 65.8 Å². The van der Waals surface area contributed by atoms with Gasteiger partial charge in [-0.3, -0.25) is 4.79 Å². The molecule has 1 aromatic carbocycles.